The molecule has 2 aliphatic rings. The zero-order valence-electron chi connectivity index (χ0n) is 13.9. The lowest BCUT2D eigenvalue weighted by Gasteiger charge is -2.29. The molecule has 2 aromatic carbocycles. The molecular formula is C18H8B2F4O4. The topological polar surface area (TPSA) is 52.6 Å². The van der Waals surface area contributed by atoms with E-state index in [4.69, 9.17) is 0 Å². The second-order valence-corrected chi connectivity index (χ2v) is 5.91. The van der Waals surface area contributed by atoms with Crippen molar-refractivity contribution in [3.8, 4) is 0 Å². The van der Waals surface area contributed by atoms with E-state index in [2.05, 4.69) is 9.31 Å². The maximum absolute atomic E-state index is 13.1. The van der Waals surface area contributed by atoms with Crippen LogP contribution >= 0.6 is 0 Å². The predicted molar refractivity (Wildman–Crippen MR) is 93.5 cm³/mol. The molecule has 28 heavy (non-hydrogen) atoms. The first-order valence-corrected chi connectivity index (χ1v) is 8.07. The Balaban J connectivity index is 2.12. The minimum absolute atomic E-state index is 0.0179. The van der Waals surface area contributed by atoms with E-state index in [0.29, 0.717) is 0 Å². The monoisotopic (exact) mass is 386 g/mol. The lowest BCUT2D eigenvalue weighted by Crippen LogP contribution is -2.29. The Morgan fingerprint density at radius 3 is 1.21 bits per heavy atom. The van der Waals surface area contributed by atoms with Crippen LogP contribution in [-0.2, 0) is 9.31 Å². The summed E-state index contributed by atoms with van der Waals surface area (Å²) in [7, 11) is -6.59. The van der Waals surface area contributed by atoms with Crippen molar-refractivity contribution < 1.29 is 36.2 Å². The molecule has 0 fully saturated rings. The van der Waals surface area contributed by atoms with Crippen LogP contribution in [0.1, 0.15) is 31.8 Å². The molecule has 4 rings (SSSR count). The van der Waals surface area contributed by atoms with Gasteiger partial charge in [0.25, 0.3) is 0 Å². The third-order valence-electron chi connectivity index (χ3n) is 4.40. The standard InChI is InChI=1S/C18H8B2F4O4/c21-19(22)27-17-11-7-3-1-5-9(11)15(25)13-14(17)16(26)10-6-2-4-8-12(10)18(13)28-20(23)24/h1-8H. The molecule has 0 atom stereocenters. The van der Waals surface area contributed by atoms with Gasteiger partial charge >= 0.3 is 14.9 Å². The summed E-state index contributed by atoms with van der Waals surface area (Å²) in [6.45, 7) is 0. The smallest absolute Gasteiger partial charge is 0.504 e. The van der Waals surface area contributed by atoms with Crippen molar-refractivity contribution in [2.45, 2.75) is 0 Å². The highest BCUT2D eigenvalue weighted by Crippen LogP contribution is 2.45. The minimum atomic E-state index is -3.30. The number of carbonyl (C=O) groups excluding carboxylic acids is 2. The Bertz CT molecular complexity index is 993. The second kappa shape index (κ2) is 6.70. The Kier molecular flexibility index (Phi) is 4.33. The summed E-state index contributed by atoms with van der Waals surface area (Å²) in [4.78, 5) is 26.0. The number of ketones is 2. The fourth-order valence-electron chi connectivity index (χ4n) is 3.38. The van der Waals surface area contributed by atoms with Gasteiger partial charge in [0.1, 0.15) is 11.5 Å². The highest BCUT2D eigenvalue weighted by atomic mass is 19.2. The second-order valence-electron chi connectivity index (χ2n) is 5.91. The average Bonchev–Trinajstić information content (AvgIpc) is 2.67. The third kappa shape index (κ3) is 2.72. The molecule has 0 N–H and O–H groups in total. The van der Waals surface area contributed by atoms with Crippen molar-refractivity contribution in [2.24, 2.45) is 0 Å². The van der Waals surface area contributed by atoms with Crippen molar-refractivity contribution in [3.05, 3.63) is 81.9 Å². The highest BCUT2D eigenvalue weighted by molar-refractivity contribution is 6.41. The largest absolute Gasteiger partial charge is 0.796 e. The average molecular weight is 386 g/mol. The predicted octanol–water partition coefficient (Wildman–Crippen LogP) is 4.08. The molecule has 0 radical (unpaired) electrons. The fraction of sp³-hybridized carbons (Fsp3) is 0. The zero-order chi connectivity index (χ0) is 20.0. The number of rotatable bonds is 4. The van der Waals surface area contributed by atoms with E-state index in [1.807, 2.05) is 0 Å². The first-order chi connectivity index (χ1) is 13.4. The van der Waals surface area contributed by atoms with Gasteiger partial charge in [0.05, 0.1) is 11.1 Å². The van der Waals surface area contributed by atoms with Crippen LogP contribution in [0.15, 0.2) is 59.7 Å². The van der Waals surface area contributed by atoms with Crippen LogP contribution in [0.25, 0.3) is 11.5 Å². The van der Waals surface area contributed by atoms with E-state index in [1.54, 1.807) is 0 Å². The molecule has 138 valence electrons. The summed E-state index contributed by atoms with van der Waals surface area (Å²) < 4.78 is 61.5. The number of Topliss-reactive ketones (excluding diaryl/α,β-unsaturated/α-hetero) is 2. The molecule has 0 amide bonds. The van der Waals surface area contributed by atoms with Gasteiger partial charge in [-0.15, -0.1) is 0 Å². The van der Waals surface area contributed by atoms with E-state index in [-0.39, 0.29) is 22.3 Å². The van der Waals surface area contributed by atoms with Crippen LogP contribution in [0.4, 0.5) is 17.3 Å². The number of hydrogen-bond acceptors (Lipinski definition) is 4. The molecule has 0 aromatic heterocycles. The summed E-state index contributed by atoms with van der Waals surface area (Å²) in [5.74, 6) is -2.67. The van der Waals surface area contributed by atoms with Crippen LogP contribution in [0.2, 0.25) is 0 Å². The van der Waals surface area contributed by atoms with E-state index in [1.165, 1.54) is 48.5 Å². The Morgan fingerprint density at radius 2 is 0.893 bits per heavy atom. The highest BCUT2D eigenvalue weighted by Gasteiger charge is 2.44. The van der Waals surface area contributed by atoms with Crippen LogP contribution < -0.4 is 0 Å². The summed E-state index contributed by atoms with van der Waals surface area (Å²) in [5, 5.41) is 0. The summed E-state index contributed by atoms with van der Waals surface area (Å²) in [5.41, 5.74) is -1.18. The van der Waals surface area contributed by atoms with Crippen LogP contribution in [-0.4, -0.2) is 26.5 Å². The Labute approximate surface area is 156 Å². The zero-order valence-corrected chi connectivity index (χ0v) is 13.9. The minimum Gasteiger partial charge on any atom is -0.504 e. The van der Waals surface area contributed by atoms with E-state index >= 15 is 0 Å². The normalized spacial score (nSPS) is 15.0. The molecular weight excluding hydrogens is 378 g/mol. The SMILES string of the molecule is O=C1C2=C(OB(F)F)c3ccccc3C(=O)C2=C(OB(F)F)c2ccccc21. The van der Waals surface area contributed by atoms with Crippen molar-refractivity contribution in [1.29, 1.82) is 0 Å². The molecule has 2 aromatic rings. The van der Waals surface area contributed by atoms with Gasteiger partial charge in [-0.1, -0.05) is 48.5 Å². The van der Waals surface area contributed by atoms with Gasteiger partial charge in [-0.05, 0) is 0 Å². The molecule has 0 saturated heterocycles. The molecule has 10 heteroatoms. The van der Waals surface area contributed by atoms with Gasteiger partial charge in [-0.3, -0.25) is 9.59 Å². The lowest BCUT2D eigenvalue weighted by molar-refractivity contribution is 0.0988. The van der Waals surface area contributed by atoms with E-state index < -0.39 is 49.2 Å². The van der Waals surface area contributed by atoms with Crippen molar-refractivity contribution in [3.63, 3.8) is 0 Å². The number of fused-ring (bicyclic) bond motifs is 3. The van der Waals surface area contributed by atoms with Crippen molar-refractivity contribution in [1.82, 2.24) is 0 Å². The summed E-state index contributed by atoms with van der Waals surface area (Å²) in [6, 6.07) is 11.3. The number of benzene rings is 2. The number of hydrogen-bond donors (Lipinski definition) is 0. The van der Waals surface area contributed by atoms with Crippen LogP contribution in [0.5, 0.6) is 0 Å². The van der Waals surface area contributed by atoms with E-state index in [0.717, 1.165) is 0 Å². The first-order valence-electron chi connectivity index (χ1n) is 8.07. The number of halogens is 4. The quantitative estimate of drug-likeness (QED) is 0.587. The van der Waals surface area contributed by atoms with Gasteiger partial charge in [0.15, 0.2) is 11.6 Å². The maximum atomic E-state index is 13.1. The lowest BCUT2D eigenvalue weighted by atomic mass is 9.76. The fourth-order valence-corrected chi connectivity index (χ4v) is 3.38. The first kappa shape index (κ1) is 18.1. The van der Waals surface area contributed by atoms with Crippen LogP contribution in [0.3, 0.4) is 0 Å². The molecule has 0 saturated carbocycles. The van der Waals surface area contributed by atoms with Crippen molar-refractivity contribution in [2.75, 3.05) is 0 Å². The molecule has 0 spiro atoms. The van der Waals surface area contributed by atoms with Gasteiger partial charge in [-0.2, -0.15) is 0 Å². The Morgan fingerprint density at radius 1 is 0.571 bits per heavy atom. The van der Waals surface area contributed by atoms with Gasteiger partial charge in [0.2, 0.25) is 0 Å². The summed E-state index contributed by atoms with van der Waals surface area (Å²) in [6.07, 6.45) is 0. The molecule has 0 unspecified atom stereocenters. The molecule has 2 aliphatic carbocycles. The molecule has 0 heterocycles. The van der Waals surface area contributed by atoms with Crippen molar-refractivity contribution >= 4 is 38.0 Å². The molecule has 4 nitrogen and oxygen atoms in total. The van der Waals surface area contributed by atoms with Gasteiger partial charge < -0.3 is 9.31 Å². The van der Waals surface area contributed by atoms with Gasteiger partial charge in [-0.25, -0.2) is 17.3 Å². The Hall–Kier alpha value is -3.29. The summed E-state index contributed by atoms with van der Waals surface area (Å²) >= 11 is 0. The van der Waals surface area contributed by atoms with E-state index in [9.17, 15) is 26.9 Å². The number of allylic oxidation sites excluding steroid dienone is 2. The van der Waals surface area contributed by atoms with Gasteiger partial charge in [0, 0.05) is 22.3 Å². The maximum Gasteiger partial charge on any atom is 0.796 e. The third-order valence-corrected chi connectivity index (χ3v) is 4.40. The number of carbonyl (C=O) groups is 2. The molecule has 0 bridgehead atoms. The van der Waals surface area contributed by atoms with Crippen LogP contribution in [0, 0.1) is 0 Å². The molecule has 0 aliphatic heterocycles.